The molecule has 3 rings (SSSR count). The second kappa shape index (κ2) is 8.93. The molecule has 0 radical (unpaired) electrons. The molecule has 30 heavy (non-hydrogen) atoms. The van der Waals surface area contributed by atoms with Gasteiger partial charge in [0, 0.05) is 41.9 Å². The number of benzene rings is 1. The van der Waals surface area contributed by atoms with Crippen molar-refractivity contribution in [3.8, 4) is 11.8 Å². The largest absolute Gasteiger partial charge is 0.384 e. The summed E-state index contributed by atoms with van der Waals surface area (Å²) in [5.41, 5.74) is 13.8. The average Bonchev–Trinajstić information content (AvgIpc) is 2.70. The summed E-state index contributed by atoms with van der Waals surface area (Å²) >= 11 is 0. The van der Waals surface area contributed by atoms with Crippen molar-refractivity contribution in [3.63, 3.8) is 0 Å². The first-order valence-electron chi connectivity index (χ1n) is 9.44. The van der Waals surface area contributed by atoms with E-state index in [1.165, 1.54) is 0 Å². The molecule has 1 aromatic carbocycles. The van der Waals surface area contributed by atoms with Crippen LogP contribution in [0, 0.1) is 18.8 Å². The summed E-state index contributed by atoms with van der Waals surface area (Å²) in [6.07, 6.45) is 1.47. The maximum absolute atomic E-state index is 13.9. The molecule has 2 aromatic rings. The molecule has 1 aliphatic heterocycles. The normalized spacial score (nSPS) is 18.3. The first-order chi connectivity index (χ1) is 14.2. The molecule has 8 heteroatoms. The van der Waals surface area contributed by atoms with E-state index >= 15 is 0 Å². The van der Waals surface area contributed by atoms with Gasteiger partial charge in [-0.2, -0.15) is 8.78 Å². The van der Waals surface area contributed by atoms with Gasteiger partial charge in [-0.1, -0.05) is 24.0 Å². The second-order valence-electron chi connectivity index (χ2n) is 7.02. The molecule has 0 saturated carbocycles. The molecule has 0 aliphatic carbocycles. The Balaban J connectivity index is 1.81. The van der Waals surface area contributed by atoms with E-state index < -0.39 is 12.2 Å². The summed E-state index contributed by atoms with van der Waals surface area (Å²) in [6.45, 7) is 2.33. The van der Waals surface area contributed by atoms with E-state index in [1.807, 2.05) is 6.92 Å². The van der Waals surface area contributed by atoms with Crippen molar-refractivity contribution in [2.24, 2.45) is 10.7 Å². The van der Waals surface area contributed by atoms with Gasteiger partial charge in [0.2, 0.25) is 0 Å². The van der Waals surface area contributed by atoms with Gasteiger partial charge in [-0.05, 0) is 37.1 Å². The number of piperidine rings is 1. The molecule has 1 aromatic heterocycles. The van der Waals surface area contributed by atoms with E-state index in [9.17, 15) is 13.9 Å². The number of rotatable bonds is 3. The van der Waals surface area contributed by atoms with E-state index in [0.29, 0.717) is 35.5 Å². The summed E-state index contributed by atoms with van der Waals surface area (Å²) in [4.78, 5) is 7.92. The number of alkyl halides is 2. The Bertz CT molecular complexity index is 1040. The molecule has 2 heterocycles. The molecule has 0 bridgehead atoms. The minimum atomic E-state index is -2.98. The zero-order valence-corrected chi connectivity index (χ0v) is 16.5. The lowest BCUT2D eigenvalue weighted by molar-refractivity contribution is 0.0125. The molecule has 0 amide bonds. The number of allylic oxidation sites excluding steroid dienone is 1. The predicted molar refractivity (Wildman–Crippen MR) is 113 cm³/mol. The Morgan fingerprint density at radius 3 is 2.83 bits per heavy atom. The first kappa shape index (κ1) is 21.3. The van der Waals surface area contributed by atoms with Gasteiger partial charge in [-0.15, -0.1) is 0 Å². The van der Waals surface area contributed by atoms with Gasteiger partial charge in [-0.3, -0.25) is 0 Å². The standard InChI is InChI=1S/C22H23F2N5O/c1-14-3-6-17(11-16(14)7-4-15-5-8-19(25)28-13-15)21(30)29-20(26)12-18-22(23,24)9-2-10-27-18/h3,5-6,8,11-13,21,27,30H,2,9-10H2,1H3,(H2,25,28)(H2,26,29)/b18-12-/t21-/m1/s1. The van der Waals surface area contributed by atoms with E-state index in [-0.39, 0.29) is 18.0 Å². The number of halogens is 2. The third-order valence-electron chi connectivity index (χ3n) is 4.63. The molecule has 156 valence electrons. The van der Waals surface area contributed by atoms with E-state index in [4.69, 9.17) is 11.5 Å². The maximum Gasteiger partial charge on any atom is 0.287 e. The average molecular weight is 411 g/mol. The number of anilines is 1. The number of nitrogen functional groups attached to an aromatic ring is 1. The molecular weight excluding hydrogens is 388 g/mol. The zero-order valence-electron chi connectivity index (χ0n) is 16.5. The molecule has 6 N–H and O–H groups in total. The van der Waals surface area contributed by atoms with Crippen LogP contribution in [0.25, 0.3) is 0 Å². The zero-order chi connectivity index (χ0) is 21.7. The number of nitrogens with two attached hydrogens (primary N) is 2. The van der Waals surface area contributed by atoms with Crippen LogP contribution in [0.5, 0.6) is 0 Å². The van der Waals surface area contributed by atoms with Crippen LogP contribution in [0.1, 0.15) is 41.3 Å². The summed E-state index contributed by atoms with van der Waals surface area (Å²) < 4.78 is 27.8. The van der Waals surface area contributed by atoms with Crippen LogP contribution in [0.15, 0.2) is 53.3 Å². The van der Waals surface area contributed by atoms with Crippen molar-refractivity contribution in [2.45, 2.75) is 31.9 Å². The fourth-order valence-corrected chi connectivity index (χ4v) is 2.91. The number of nitrogens with one attached hydrogen (secondary N) is 1. The van der Waals surface area contributed by atoms with Gasteiger partial charge >= 0.3 is 0 Å². The van der Waals surface area contributed by atoms with Gasteiger partial charge in [0.05, 0.1) is 5.70 Å². The molecule has 6 nitrogen and oxygen atoms in total. The van der Waals surface area contributed by atoms with Crippen molar-refractivity contribution in [3.05, 3.63) is 70.6 Å². The van der Waals surface area contributed by atoms with Gasteiger partial charge < -0.3 is 21.9 Å². The van der Waals surface area contributed by atoms with Crippen LogP contribution >= 0.6 is 0 Å². The highest BCUT2D eigenvalue weighted by atomic mass is 19.3. The molecular formula is C22H23F2N5O. The summed E-state index contributed by atoms with van der Waals surface area (Å²) in [6, 6.07) is 8.60. The minimum absolute atomic E-state index is 0.187. The Labute approximate surface area is 173 Å². The Morgan fingerprint density at radius 2 is 2.13 bits per heavy atom. The van der Waals surface area contributed by atoms with Crippen molar-refractivity contribution < 1.29 is 13.9 Å². The number of aromatic nitrogens is 1. The molecule has 0 unspecified atom stereocenters. The monoisotopic (exact) mass is 411 g/mol. The molecule has 0 spiro atoms. The molecule has 1 atom stereocenters. The van der Waals surface area contributed by atoms with Crippen LogP contribution < -0.4 is 16.8 Å². The lowest BCUT2D eigenvalue weighted by Gasteiger charge is -2.26. The highest BCUT2D eigenvalue weighted by molar-refractivity contribution is 5.92. The second-order valence-corrected chi connectivity index (χ2v) is 7.02. The van der Waals surface area contributed by atoms with Crippen LogP contribution in [0.3, 0.4) is 0 Å². The summed E-state index contributed by atoms with van der Waals surface area (Å²) in [7, 11) is 0. The number of amidine groups is 1. The fraction of sp³-hybridized carbons (Fsp3) is 0.273. The van der Waals surface area contributed by atoms with Crippen molar-refractivity contribution >= 4 is 11.7 Å². The van der Waals surface area contributed by atoms with Crippen molar-refractivity contribution in [2.75, 3.05) is 12.3 Å². The Kier molecular flexibility index (Phi) is 6.33. The van der Waals surface area contributed by atoms with Crippen LogP contribution in [0.4, 0.5) is 14.6 Å². The van der Waals surface area contributed by atoms with Gasteiger partial charge in [0.1, 0.15) is 11.7 Å². The highest BCUT2D eigenvalue weighted by Crippen LogP contribution is 2.30. The number of aryl methyl sites for hydroxylation is 1. The van der Waals surface area contributed by atoms with Gasteiger partial charge in [-0.25, -0.2) is 9.98 Å². The topological polar surface area (TPSA) is 110 Å². The van der Waals surface area contributed by atoms with Gasteiger partial charge in [0.15, 0.2) is 6.23 Å². The maximum atomic E-state index is 13.9. The number of pyridine rings is 1. The van der Waals surface area contributed by atoms with Crippen LogP contribution in [-0.4, -0.2) is 28.4 Å². The van der Waals surface area contributed by atoms with Crippen LogP contribution in [-0.2, 0) is 0 Å². The number of aliphatic hydroxyl groups excluding tert-OH is 1. The molecule has 1 aliphatic rings. The van der Waals surface area contributed by atoms with Gasteiger partial charge in [0.25, 0.3) is 5.92 Å². The number of aliphatic hydroxyl groups is 1. The quantitative estimate of drug-likeness (QED) is 0.353. The number of aliphatic imine (C=N–C) groups is 1. The number of hydrogen-bond donors (Lipinski definition) is 4. The van der Waals surface area contributed by atoms with E-state index in [1.54, 1.807) is 36.5 Å². The molecule has 1 saturated heterocycles. The predicted octanol–water partition coefficient (Wildman–Crippen LogP) is 2.62. The third kappa shape index (κ3) is 5.33. The Morgan fingerprint density at radius 1 is 1.33 bits per heavy atom. The smallest absolute Gasteiger partial charge is 0.287 e. The highest BCUT2D eigenvalue weighted by Gasteiger charge is 2.36. The van der Waals surface area contributed by atoms with E-state index in [2.05, 4.69) is 27.1 Å². The van der Waals surface area contributed by atoms with Crippen LogP contribution in [0.2, 0.25) is 0 Å². The van der Waals surface area contributed by atoms with E-state index in [0.717, 1.165) is 11.6 Å². The Hall–Kier alpha value is -3.44. The third-order valence-corrected chi connectivity index (χ3v) is 4.63. The lowest BCUT2D eigenvalue weighted by Crippen LogP contribution is -2.37. The summed E-state index contributed by atoms with van der Waals surface area (Å²) in [5, 5.41) is 13.0. The summed E-state index contributed by atoms with van der Waals surface area (Å²) in [5.74, 6) is 3.26. The number of nitrogens with zero attached hydrogens (tertiary/aromatic N) is 2. The minimum Gasteiger partial charge on any atom is -0.384 e. The first-order valence-corrected chi connectivity index (χ1v) is 9.44. The number of hydrogen-bond acceptors (Lipinski definition) is 5. The van der Waals surface area contributed by atoms with Crippen molar-refractivity contribution in [1.29, 1.82) is 0 Å². The SMILES string of the molecule is Cc1ccc([C@@H](O)N=C(N)/C=C2\NCCCC2(F)F)cc1C#Cc1ccc(N)nc1. The molecule has 1 fully saturated rings. The lowest BCUT2D eigenvalue weighted by atomic mass is 10.0. The fourth-order valence-electron chi connectivity index (χ4n) is 2.91. The van der Waals surface area contributed by atoms with Crippen molar-refractivity contribution in [1.82, 2.24) is 10.3 Å².